The topological polar surface area (TPSA) is 59.4 Å². The van der Waals surface area contributed by atoms with Gasteiger partial charge < -0.3 is 15.0 Å². The third-order valence-corrected chi connectivity index (χ3v) is 4.98. The van der Waals surface area contributed by atoms with E-state index in [0.717, 1.165) is 24.5 Å². The standard InChI is InChI=1S/C22H24N4O2/c1-28-20-16-26(19-8-4-2-5-9-19)24-21(20)22(27)23-17-10-12-18(13-11-17)25-14-6-3-7-15-25/h2,4-5,8-13,16H,3,6-7,14-15H2,1H3,(H,23,27). The number of ether oxygens (including phenoxy) is 1. The molecule has 0 spiro atoms. The van der Waals surface area contributed by atoms with Crippen molar-refractivity contribution < 1.29 is 9.53 Å². The highest BCUT2D eigenvalue weighted by Crippen LogP contribution is 2.24. The maximum atomic E-state index is 12.7. The molecule has 6 heteroatoms. The molecule has 0 radical (unpaired) electrons. The van der Waals surface area contributed by atoms with E-state index in [0.29, 0.717) is 5.75 Å². The Bertz CT molecular complexity index is 929. The van der Waals surface area contributed by atoms with Crippen LogP contribution >= 0.6 is 0 Å². The first-order chi connectivity index (χ1) is 13.7. The molecule has 0 saturated carbocycles. The monoisotopic (exact) mass is 376 g/mol. The minimum atomic E-state index is -0.294. The first-order valence-electron chi connectivity index (χ1n) is 9.60. The van der Waals surface area contributed by atoms with Gasteiger partial charge in [0.2, 0.25) is 0 Å². The molecule has 1 aliphatic rings. The van der Waals surface area contributed by atoms with Crippen molar-refractivity contribution in [1.29, 1.82) is 0 Å². The molecule has 1 saturated heterocycles. The number of nitrogens with zero attached hydrogens (tertiary/aromatic N) is 3. The number of carbonyl (C=O) groups excluding carboxylic acids is 1. The van der Waals surface area contributed by atoms with E-state index in [2.05, 4.69) is 27.4 Å². The lowest BCUT2D eigenvalue weighted by Crippen LogP contribution is -2.29. The zero-order valence-electron chi connectivity index (χ0n) is 16.0. The van der Waals surface area contributed by atoms with Crippen molar-refractivity contribution >= 4 is 17.3 Å². The zero-order chi connectivity index (χ0) is 19.3. The Kier molecular flexibility index (Phi) is 5.28. The van der Waals surface area contributed by atoms with Crippen molar-refractivity contribution in [2.75, 3.05) is 30.4 Å². The fourth-order valence-electron chi connectivity index (χ4n) is 3.48. The van der Waals surface area contributed by atoms with E-state index in [4.69, 9.17) is 4.74 Å². The van der Waals surface area contributed by atoms with Crippen molar-refractivity contribution in [3.8, 4) is 11.4 Å². The maximum absolute atomic E-state index is 12.7. The number of anilines is 2. The summed E-state index contributed by atoms with van der Waals surface area (Å²) < 4.78 is 7.00. The average molecular weight is 376 g/mol. The minimum Gasteiger partial charge on any atom is -0.493 e. The Balaban J connectivity index is 1.49. The van der Waals surface area contributed by atoms with Crippen molar-refractivity contribution in [3.63, 3.8) is 0 Å². The molecule has 144 valence electrons. The van der Waals surface area contributed by atoms with Crippen LogP contribution in [0.3, 0.4) is 0 Å². The van der Waals surface area contributed by atoms with Crippen molar-refractivity contribution in [2.24, 2.45) is 0 Å². The Morgan fingerprint density at radius 2 is 1.68 bits per heavy atom. The summed E-state index contributed by atoms with van der Waals surface area (Å²) >= 11 is 0. The summed E-state index contributed by atoms with van der Waals surface area (Å²) in [5.41, 5.74) is 3.06. The maximum Gasteiger partial charge on any atom is 0.280 e. The van der Waals surface area contributed by atoms with Crippen LogP contribution in [0.2, 0.25) is 0 Å². The first kappa shape index (κ1) is 18.1. The molecule has 0 unspecified atom stereocenters. The third kappa shape index (κ3) is 3.86. The van der Waals surface area contributed by atoms with Gasteiger partial charge in [-0.25, -0.2) is 4.68 Å². The summed E-state index contributed by atoms with van der Waals surface area (Å²) in [5.74, 6) is 0.142. The van der Waals surface area contributed by atoms with Crippen LogP contribution < -0.4 is 15.0 Å². The highest BCUT2D eigenvalue weighted by Gasteiger charge is 2.19. The third-order valence-electron chi connectivity index (χ3n) is 4.98. The van der Waals surface area contributed by atoms with Crippen LogP contribution in [0.4, 0.5) is 11.4 Å². The molecular weight excluding hydrogens is 352 g/mol. The van der Waals surface area contributed by atoms with E-state index in [1.54, 1.807) is 10.9 Å². The summed E-state index contributed by atoms with van der Waals surface area (Å²) in [6, 6.07) is 17.6. The quantitative estimate of drug-likeness (QED) is 0.728. The summed E-state index contributed by atoms with van der Waals surface area (Å²) in [5, 5.41) is 7.32. The Morgan fingerprint density at radius 1 is 0.964 bits per heavy atom. The van der Waals surface area contributed by atoms with Crippen LogP contribution in [-0.2, 0) is 0 Å². The second kappa shape index (κ2) is 8.17. The molecule has 1 aromatic heterocycles. The second-order valence-electron chi connectivity index (χ2n) is 6.87. The van der Waals surface area contributed by atoms with Gasteiger partial charge in [0.1, 0.15) is 0 Å². The molecule has 1 N–H and O–H groups in total. The van der Waals surface area contributed by atoms with Crippen molar-refractivity contribution in [2.45, 2.75) is 19.3 Å². The van der Waals surface area contributed by atoms with E-state index < -0.39 is 0 Å². The molecule has 0 bridgehead atoms. The van der Waals surface area contributed by atoms with Crippen molar-refractivity contribution in [1.82, 2.24) is 9.78 Å². The molecule has 6 nitrogen and oxygen atoms in total. The highest BCUT2D eigenvalue weighted by atomic mass is 16.5. The summed E-state index contributed by atoms with van der Waals surface area (Å²) in [4.78, 5) is 15.1. The molecule has 4 rings (SSSR count). The van der Waals surface area contributed by atoms with E-state index in [9.17, 15) is 4.79 Å². The van der Waals surface area contributed by atoms with E-state index in [-0.39, 0.29) is 11.6 Å². The second-order valence-corrected chi connectivity index (χ2v) is 6.87. The average Bonchev–Trinajstić information content (AvgIpc) is 3.20. The Morgan fingerprint density at radius 3 is 2.36 bits per heavy atom. The van der Waals surface area contributed by atoms with Gasteiger partial charge >= 0.3 is 0 Å². The molecule has 2 heterocycles. The number of hydrogen-bond donors (Lipinski definition) is 1. The first-order valence-corrected chi connectivity index (χ1v) is 9.60. The van der Waals surface area contributed by atoms with Crippen molar-refractivity contribution in [3.05, 3.63) is 66.5 Å². The number of rotatable bonds is 5. The van der Waals surface area contributed by atoms with Crippen LogP contribution in [0.5, 0.6) is 5.75 Å². The number of piperidine rings is 1. The summed E-state index contributed by atoms with van der Waals surface area (Å²) in [6.45, 7) is 2.19. The van der Waals surface area contributed by atoms with E-state index in [1.807, 2.05) is 42.5 Å². The van der Waals surface area contributed by atoms with E-state index >= 15 is 0 Å². The number of methoxy groups -OCH3 is 1. The number of para-hydroxylation sites is 1. The Labute approximate surface area is 164 Å². The number of benzene rings is 2. The lowest BCUT2D eigenvalue weighted by Gasteiger charge is -2.28. The SMILES string of the molecule is COc1cn(-c2ccccc2)nc1C(=O)Nc1ccc(N2CCCCC2)cc1. The normalized spacial score (nSPS) is 14.0. The largest absolute Gasteiger partial charge is 0.493 e. The summed E-state index contributed by atoms with van der Waals surface area (Å²) in [6.07, 6.45) is 5.50. The predicted molar refractivity (Wildman–Crippen MR) is 111 cm³/mol. The Hall–Kier alpha value is -3.28. The molecule has 1 fully saturated rings. The number of aromatic nitrogens is 2. The van der Waals surface area contributed by atoms with Gasteiger partial charge in [0, 0.05) is 24.5 Å². The van der Waals surface area contributed by atoms with Crippen LogP contribution in [0.25, 0.3) is 5.69 Å². The van der Waals surface area contributed by atoms with Gasteiger partial charge in [-0.3, -0.25) is 4.79 Å². The van der Waals surface area contributed by atoms with E-state index in [1.165, 1.54) is 32.1 Å². The number of hydrogen-bond acceptors (Lipinski definition) is 4. The lowest BCUT2D eigenvalue weighted by atomic mass is 10.1. The summed E-state index contributed by atoms with van der Waals surface area (Å²) in [7, 11) is 1.54. The van der Waals surface area contributed by atoms with Gasteiger partial charge in [0.05, 0.1) is 19.0 Å². The lowest BCUT2D eigenvalue weighted by molar-refractivity contribution is 0.101. The van der Waals surface area contributed by atoms with Gasteiger partial charge in [-0.1, -0.05) is 18.2 Å². The van der Waals surface area contributed by atoms with Gasteiger partial charge in [-0.05, 0) is 55.7 Å². The zero-order valence-corrected chi connectivity index (χ0v) is 16.0. The fourth-order valence-corrected chi connectivity index (χ4v) is 3.48. The molecule has 2 aromatic carbocycles. The van der Waals surface area contributed by atoms with Gasteiger partial charge in [0.25, 0.3) is 5.91 Å². The molecule has 0 aliphatic carbocycles. The minimum absolute atomic E-state index is 0.256. The molecule has 28 heavy (non-hydrogen) atoms. The molecule has 1 amide bonds. The molecular formula is C22H24N4O2. The van der Waals surface area contributed by atoms with Crippen LogP contribution in [0, 0.1) is 0 Å². The number of nitrogens with one attached hydrogen (secondary N) is 1. The van der Waals surface area contributed by atoms with Crippen LogP contribution in [0.1, 0.15) is 29.8 Å². The number of amides is 1. The highest BCUT2D eigenvalue weighted by molar-refractivity contribution is 6.04. The predicted octanol–water partition coefficient (Wildman–Crippen LogP) is 4.12. The van der Waals surface area contributed by atoms with Crippen LogP contribution in [-0.4, -0.2) is 35.9 Å². The molecule has 1 aliphatic heterocycles. The molecule has 0 atom stereocenters. The van der Waals surface area contributed by atoms with Gasteiger partial charge in [-0.2, -0.15) is 5.10 Å². The molecule has 3 aromatic rings. The number of carbonyl (C=O) groups is 1. The fraction of sp³-hybridized carbons (Fsp3) is 0.273. The van der Waals surface area contributed by atoms with Gasteiger partial charge in [0.15, 0.2) is 11.4 Å². The van der Waals surface area contributed by atoms with Gasteiger partial charge in [-0.15, -0.1) is 0 Å². The van der Waals surface area contributed by atoms with Crippen LogP contribution in [0.15, 0.2) is 60.8 Å². The smallest absolute Gasteiger partial charge is 0.280 e.